The van der Waals surface area contributed by atoms with Crippen molar-refractivity contribution < 1.29 is 29.3 Å². The highest BCUT2D eigenvalue weighted by molar-refractivity contribution is 6.16. The second kappa shape index (κ2) is 7.26. The van der Waals surface area contributed by atoms with E-state index in [1.54, 1.807) is 30.0 Å². The molecule has 0 radical (unpaired) electrons. The first kappa shape index (κ1) is 18.7. The van der Waals surface area contributed by atoms with E-state index in [0.29, 0.717) is 18.6 Å². The Morgan fingerprint density at radius 3 is 2.33 bits per heavy atom. The predicted octanol–water partition coefficient (Wildman–Crippen LogP) is 2.79. The van der Waals surface area contributed by atoms with Crippen molar-refractivity contribution in [2.45, 2.75) is 31.2 Å². The summed E-state index contributed by atoms with van der Waals surface area (Å²) in [6.07, 6.45) is 4.00. The van der Waals surface area contributed by atoms with Crippen LogP contribution in [0.15, 0.2) is 42.6 Å². The van der Waals surface area contributed by atoms with E-state index in [4.69, 9.17) is 4.74 Å². The van der Waals surface area contributed by atoms with E-state index in [0.717, 1.165) is 24.1 Å². The fraction of sp³-hybridized carbons (Fsp3) is 0.350. The Kier molecular flexibility index (Phi) is 5.03. The van der Waals surface area contributed by atoms with Gasteiger partial charge in [0.2, 0.25) is 5.92 Å². The van der Waals surface area contributed by atoms with E-state index in [1.807, 2.05) is 24.3 Å². The van der Waals surface area contributed by atoms with Gasteiger partial charge in [-0.2, -0.15) is 0 Å². The number of carbonyl (C=O) groups is 3. The van der Waals surface area contributed by atoms with Gasteiger partial charge in [0.15, 0.2) is 5.78 Å². The number of carboxylic acid groups (broad SMARTS) is 2. The standard InChI is InChI=1S/C20H21NO6/c1-27-14-7-4-6-13(12-14)15-8-5-11-21(15)20(9-2-3-10-20)17(22)16(18(23)24)19(25)26/h4-8,11-12,16H,2-3,9-10H2,1H3,(H,23,24)(H,25,26). The molecule has 27 heavy (non-hydrogen) atoms. The lowest BCUT2D eigenvalue weighted by molar-refractivity contribution is -0.160. The Morgan fingerprint density at radius 1 is 1.07 bits per heavy atom. The summed E-state index contributed by atoms with van der Waals surface area (Å²) in [5, 5.41) is 18.6. The summed E-state index contributed by atoms with van der Waals surface area (Å²) in [4.78, 5) is 36.1. The van der Waals surface area contributed by atoms with Crippen molar-refractivity contribution in [2.75, 3.05) is 7.11 Å². The van der Waals surface area contributed by atoms with E-state index >= 15 is 0 Å². The van der Waals surface area contributed by atoms with E-state index in [9.17, 15) is 24.6 Å². The topological polar surface area (TPSA) is 106 Å². The van der Waals surface area contributed by atoms with E-state index in [1.165, 1.54) is 0 Å². The van der Waals surface area contributed by atoms with Gasteiger partial charge in [-0.25, -0.2) is 0 Å². The number of nitrogens with zero attached hydrogens (tertiary/aromatic N) is 1. The molecule has 0 bridgehead atoms. The number of hydrogen-bond acceptors (Lipinski definition) is 4. The molecule has 1 saturated carbocycles. The minimum atomic E-state index is -2.08. The van der Waals surface area contributed by atoms with Crippen molar-refractivity contribution in [3.05, 3.63) is 42.6 Å². The normalized spacial score (nSPS) is 15.6. The van der Waals surface area contributed by atoms with Crippen LogP contribution in [0.2, 0.25) is 0 Å². The number of ether oxygens (including phenoxy) is 1. The maximum atomic E-state index is 13.1. The van der Waals surface area contributed by atoms with Crippen LogP contribution in [-0.2, 0) is 19.9 Å². The van der Waals surface area contributed by atoms with Gasteiger partial charge < -0.3 is 19.5 Å². The van der Waals surface area contributed by atoms with Crippen LogP contribution < -0.4 is 4.74 Å². The van der Waals surface area contributed by atoms with Crippen molar-refractivity contribution >= 4 is 17.7 Å². The maximum absolute atomic E-state index is 13.1. The van der Waals surface area contributed by atoms with Gasteiger partial charge in [0, 0.05) is 17.5 Å². The maximum Gasteiger partial charge on any atom is 0.325 e. The van der Waals surface area contributed by atoms with Crippen LogP contribution in [0.5, 0.6) is 5.75 Å². The van der Waals surface area contributed by atoms with Gasteiger partial charge in [0.1, 0.15) is 11.3 Å². The third-order valence-electron chi connectivity index (χ3n) is 5.22. The number of benzene rings is 1. The highest BCUT2D eigenvalue weighted by atomic mass is 16.5. The van der Waals surface area contributed by atoms with Crippen LogP contribution in [0.1, 0.15) is 25.7 Å². The fourth-order valence-corrected chi connectivity index (χ4v) is 3.94. The molecule has 0 saturated heterocycles. The smallest absolute Gasteiger partial charge is 0.325 e. The molecule has 1 aliphatic carbocycles. The molecule has 1 aliphatic rings. The van der Waals surface area contributed by atoms with Gasteiger partial charge in [-0.1, -0.05) is 25.0 Å². The first-order valence-electron chi connectivity index (χ1n) is 8.73. The van der Waals surface area contributed by atoms with Gasteiger partial charge in [-0.05, 0) is 37.1 Å². The number of aliphatic carboxylic acids is 2. The molecule has 1 heterocycles. The Morgan fingerprint density at radius 2 is 1.74 bits per heavy atom. The van der Waals surface area contributed by atoms with Crippen molar-refractivity contribution in [1.29, 1.82) is 0 Å². The first-order valence-corrected chi connectivity index (χ1v) is 8.73. The minimum absolute atomic E-state index is 0.411. The minimum Gasteiger partial charge on any atom is -0.497 e. The molecule has 7 heteroatoms. The molecule has 2 aromatic rings. The molecule has 3 rings (SSSR count). The number of ketones is 1. The molecule has 0 aliphatic heterocycles. The largest absolute Gasteiger partial charge is 0.497 e. The lowest BCUT2D eigenvalue weighted by Crippen LogP contribution is -2.48. The number of aromatic nitrogens is 1. The number of hydrogen-bond donors (Lipinski definition) is 2. The molecule has 2 N–H and O–H groups in total. The Bertz CT molecular complexity index is 864. The second-order valence-corrected chi connectivity index (χ2v) is 6.71. The number of carbonyl (C=O) groups excluding carboxylic acids is 1. The number of carboxylic acids is 2. The molecule has 7 nitrogen and oxygen atoms in total. The van der Waals surface area contributed by atoms with Crippen molar-refractivity contribution in [3.8, 4) is 17.0 Å². The van der Waals surface area contributed by atoms with Crippen molar-refractivity contribution in [2.24, 2.45) is 5.92 Å². The average Bonchev–Trinajstić information content (AvgIpc) is 3.31. The third kappa shape index (κ3) is 3.20. The van der Waals surface area contributed by atoms with Crippen molar-refractivity contribution in [1.82, 2.24) is 4.57 Å². The zero-order valence-electron chi connectivity index (χ0n) is 14.9. The molecule has 0 spiro atoms. The zero-order chi connectivity index (χ0) is 19.6. The van der Waals surface area contributed by atoms with E-state index in [2.05, 4.69) is 0 Å². The van der Waals surface area contributed by atoms with E-state index < -0.39 is 29.2 Å². The summed E-state index contributed by atoms with van der Waals surface area (Å²) in [6, 6.07) is 10.9. The van der Waals surface area contributed by atoms with Crippen molar-refractivity contribution in [3.63, 3.8) is 0 Å². The lowest BCUT2D eigenvalue weighted by atomic mass is 9.83. The molecule has 142 valence electrons. The predicted molar refractivity (Wildman–Crippen MR) is 96.6 cm³/mol. The monoisotopic (exact) mass is 371 g/mol. The van der Waals surface area contributed by atoms with Crippen LogP contribution >= 0.6 is 0 Å². The molecule has 0 amide bonds. The lowest BCUT2D eigenvalue weighted by Gasteiger charge is -2.33. The molecule has 1 aromatic heterocycles. The van der Waals surface area contributed by atoms with E-state index in [-0.39, 0.29) is 0 Å². The molecule has 0 atom stereocenters. The average molecular weight is 371 g/mol. The third-order valence-corrected chi connectivity index (χ3v) is 5.22. The summed E-state index contributed by atoms with van der Waals surface area (Å²) in [5.41, 5.74) is 0.350. The summed E-state index contributed by atoms with van der Waals surface area (Å²) in [5.74, 6) is -5.47. The highest BCUT2D eigenvalue weighted by Gasteiger charge is 2.50. The van der Waals surface area contributed by atoms with Gasteiger partial charge in [-0.3, -0.25) is 14.4 Å². The summed E-state index contributed by atoms with van der Waals surface area (Å²) in [7, 11) is 1.56. The molecule has 1 fully saturated rings. The quantitative estimate of drug-likeness (QED) is 0.725. The van der Waals surface area contributed by atoms with Crippen LogP contribution in [0.3, 0.4) is 0 Å². The number of Topliss-reactive ketones (excluding diaryl/α,β-unsaturated/α-hetero) is 1. The number of methoxy groups -OCH3 is 1. The molecular weight excluding hydrogens is 350 g/mol. The molecule has 1 aromatic carbocycles. The molecular formula is C20H21NO6. The Hall–Kier alpha value is -3.09. The highest BCUT2D eigenvalue weighted by Crippen LogP contribution is 2.42. The Balaban J connectivity index is 2.12. The summed E-state index contributed by atoms with van der Waals surface area (Å²) in [6.45, 7) is 0. The SMILES string of the molecule is COc1cccc(-c2cccn2C2(C(=O)C(C(=O)O)C(=O)O)CCCC2)c1. The second-order valence-electron chi connectivity index (χ2n) is 6.71. The fourth-order valence-electron chi connectivity index (χ4n) is 3.94. The molecule has 0 unspecified atom stereocenters. The first-order chi connectivity index (χ1) is 12.9. The van der Waals surface area contributed by atoms with Gasteiger partial charge in [0.25, 0.3) is 0 Å². The zero-order valence-corrected chi connectivity index (χ0v) is 14.9. The van der Waals surface area contributed by atoms with Gasteiger partial charge in [0.05, 0.1) is 7.11 Å². The van der Waals surface area contributed by atoms with Gasteiger partial charge >= 0.3 is 11.9 Å². The van der Waals surface area contributed by atoms with Crippen LogP contribution in [0.25, 0.3) is 11.3 Å². The Labute approximate surface area is 156 Å². The van der Waals surface area contributed by atoms with Crippen LogP contribution in [-0.4, -0.2) is 39.6 Å². The van der Waals surface area contributed by atoms with Crippen LogP contribution in [0, 0.1) is 5.92 Å². The number of rotatable bonds is 7. The summed E-state index contributed by atoms with van der Waals surface area (Å²) >= 11 is 0. The van der Waals surface area contributed by atoms with Crippen LogP contribution in [0.4, 0.5) is 0 Å². The summed E-state index contributed by atoms with van der Waals surface area (Å²) < 4.78 is 7.01. The van der Waals surface area contributed by atoms with Gasteiger partial charge in [-0.15, -0.1) is 0 Å².